The van der Waals surface area contributed by atoms with Gasteiger partial charge in [-0.25, -0.2) is 0 Å². The second-order valence-corrected chi connectivity index (χ2v) is 5.77. The first-order valence-corrected chi connectivity index (χ1v) is 7.35. The number of hydrogen-bond acceptors (Lipinski definition) is 3. The predicted molar refractivity (Wildman–Crippen MR) is 71.3 cm³/mol. The molecule has 0 aromatic rings. The van der Waals surface area contributed by atoms with Crippen molar-refractivity contribution in [3.8, 4) is 0 Å². The molecule has 0 aliphatic carbocycles. The zero-order valence-corrected chi connectivity index (χ0v) is 11.5. The van der Waals surface area contributed by atoms with Crippen LogP contribution in [0.1, 0.15) is 39.5 Å². The molecule has 2 aliphatic heterocycles. The molecule has 0 amide bonds. The minimum Gasteiger partial charge on any atom is -0.377 e. The lowest BCUT2D eigenvalue weighted by molar-refractivity contribution is 0.0691. The van der Waals surface area contributed by atoms with Crippen LogP contribution in [-0.2, 0) is 4.74 Å². The Morgan fingerprint density at radius 3 is 2.82 bits per heavy atom. The van der Waals surface area contributed by atoms with E-state index in [1.807, 2.05) is 0 Å². The molecule has 3 nitrogen and oxygen atoms in total. The third-order valence-electron chi connectivity index (χ3n) is 4.17. The normalized spacial score (nSPS) is 34.4. The van der Waals surface area contributed by atoms with Gasteiger partial charge in [0.25, 0.3) is 0 Å². The fourth-order valence-corrected chi connectivity index (χ4v) is 3.08. The third-order valence-corrected chi connectivity index (χ3v) is 4.17. The van der Waals surface area contributed by atoms with Crippen LogP contribution in [0.2, 0.25) is 0 Å². The number of ether oxygens (including phenoxy) is 1. The van der Waals surface area contributed by atoms with Gasteiger partial charge in [-0.05, 0) is 44.7 Å². The lowest BCUT2D eigenvalue weighted by Crippen LogP contribution is -2.47. The lowest BCUT2D eigenvalue weighted by Gasteiger charge is -2.33. The second-order valence-electron chi connectivity index (χ2n) is 5.77. The summed E-state index contributed by atoms with van der Waals surface area (Å²) in [7, 11) is 0. The summed E-state index contributed by atoms with van der Waals surface area (Å²) in [6.45, 7) is 10.3. The standard InChI is InChI=1S/C14H28N2O/c1-3-16(11-14-5-4-8-17-14)10-13-9-12(2)6-7-15-13/h12-15H,3-11H2,1-2H3. The van der Waals surface area contributed by atoms with E-state index in [1.165, 1.54) is 38.8 Å². The van der Waals surface area contributed by atoms with Gasteiger partial charge in [-0.1, -0.05) is 13.8 Å². The molecule has 0 saturated carbocycles. The summed E-state index contributed by atoms with van der Waals surface area (Å²) in [5.74, 6) is 0.891. The summed E-state index contributed by atoms with van der Waals surface area (Å²) in [6.07, 6.45) is 5.68. The molecule has 2 rings (SSSR count). The summed E-state index contributed by atoms with van der Waals surface area (Å²) in [4.78, 5) is 2.56. The van der Waals surface area contributed by atoms with Crippen LogP contribution < -0.4 is 5.32 Å². The highest BCUT2D eigenvalue weighted by Gasteiger charge is 2.23. The molecule has 3 unspecified atom stereocenters. The van der Waals surface area contributed by atoms with E-state index in [9.17, 15) is 0 Å². The summed E-state index contributed by atoms with van der Waals surface area (Å²) < 4.78 is 5.73. The minimum absolute atomic E-state index is 0.496. The van der Waals surface area contributed by atoms with Crippen LogP contribution in [0.3, 0.4) is 0 Å². The maximum absolute atomic E-state index is 5.73. The summed E-state index contributed by atoms with van der Waals surface area (Å²) in [5.41, 5.74) is 0. The van der Waals surface area contributed by atoms with Crippen molar-refractivity contribution in [2.24, 2.45) is 5.92 Å². The van der Waals surface area contributed by atoms with Gasteiger partial charge in [0.15, 0.2) is 0 Å². The highest BCUT2D eigenvalue weighted by atomic mass is 16.5. The molecule has 2 heterocycles. The van der Waals surface area contributed by atoms with Crippen LogP contribution in [-0.4, -0.2) is 49.8 Å². The minimum atomic E-state index is 0.496. The first-order chi connectivity index (χ1) is 8.28. The van der Waals surface area contributed by atoms with Crippen molar-refractivity contribution in [2.45, 2.75) is 51.7 Å². The SMILES string of the molecule is CCN(CC1CC(C)CCN1)CC1CCCO1. The van der Waals surface area contributed by atoms with E-state index in [0.29, 0.717) is 12.1 Å². The molecule has 1 N–H and O–H groups in total. The van der Waals surface area contributed by atoms with Crippen molar-refractivity contribution < 1.29 is 4.74 Å². The average Bonchev–Trinajstić information content (AvgIpc) is 2.81. The molecule has 0 aromatic heterocycles. The van der Waals surface area contributed by atoms with Crippen LogP contribution in [0.15, 0.2) is 0 Å². The van der Waals surface area contributed by atoms with E-state index in [0.717, 1.165) is 25.6 Å². The van der Waals surface area contributed by atoms with Crippen molar-refractivity contribution in [2.75, 3.05) is 32.8 Å². The molecule has 2 saturated heterocycles. The van der Waals surface area contributed by atoms with Crippen molar-refractivity contribution in [1.29, 1.82) is 0 Å². The Morgan fingerprint density at radius 2 is 2.18 bits per heavy atom. The highest BCUT2D eigenvalue weighted by Crippen LogP contribution is 2.17. The molecule has 3 atom stereocenters. The molecule has 0 spiro atoms. The monoisotopic (exact) mass is 240 g/mol. The topological polar surface area (TPSA) is 24.5 Å². The van der Waals surface area contributed by atoms with Gasteiger partial charge in [-0.2, -0.15) is 0 Å². The van der Waals surface area contributed by atoms with E-state index in [-0.39, 0.29) is 0 Å². The van der Waals surface area contributed by atoms with E-state index < -0.39 is 0 Å². The van der Waals surface area contributed by atoms with Crippen LogP contribution in [0, 0.1) is 5.92 Å². The first kappa shape index (κ1) is 13.3. The van der Waals surface area contributed by atoms with Crippen LogP contribution in [0.4, 0.5) is 0 Å². The Labute approximate surface area is 106 Å². The van der Waals surface area contributed by atoms with Gasteiger partial charge < -0.3 is 10.1 Å². The van der Waals surface area contributed by atoms with Gasteiger partial charge in [0.2, 0.25) is 0 Å². The number of hydrogen-bond donors (Lipinski definition) is 1. The van der Waals surface area contributed by atoms with Gasteiger partial charge in [-0.15, -0.1) is 0 Å². The molecular formula is C14H28N2O. The number of likely N-dealkylation sites (N-methyl/N-ethyl adjacent to an activating group) is 1. The van der Waals surface area contributed by atoms with E-state index in [1.54, 1.807) is 0 Å². The van der Waals surface area contributed by atoms with Crippen molar-refractivity contribution in [3.05, 3.63) is 0 Å². The Balaban J connectivity index is 1.73. The number of nitrogens with zero attached hydrogens (tertiary/aromatic N) is 1. The van der Waals surface area contributed by atoms with Crippen molar-refractivity contribution in [3.63, 3.8) is 0 Å². The molecular weight excluding hydrogens is 212 g/mol. The van der Waals surface area contributed by atoms with E-state index in [2.05, 4.69) is 24.1 Å². The molecule has 0 aromatic carbocycles. The quantitative estimate of drug-likeness (QED) is 0.794. The highest BCUT2D eigenvalue weighted by molar-refractivity contribution is 4.80. The number of rotatable bonds is 5. The van der Waals surface area contributed by atoms with Crippen molar-refractivity contribution in [1.82, 2.24) is 10.2 Å². The van der Waals surface area contributed by atoms with Crippen LogP contribution >= 0.6 is 0 Å². The Kier molecular flexibility index (Phi) is 5.26. The van der Waals surface area contributed by atoms with Gasteiger partial charge in [0.1, 0.15) is 0 Å². The molecule has 0 radical (unpaired) electrons. The molecule has 2 fully saturated rings. The smallest absolute Gasteiger partial charge is 0.0702 e. The zero-order chi connectivity index (χ0) is 12.1. The van der Waals surface area contributed by atoms with Crippen LogP contribution in [0.25, 0.3) is 0 Å². The third kappa shape index (κ3) is 4.23. The average molecular weight is 240 g/mol. The number of nitrogens with one attached hydrogen (secondary N) is 1. The van der Waals surface area contributed by atoms with Crippen molar-refractivity contribution >= 4 is 0 Å². The maximum Gasteiger partial charge on any atom is 0.0702 e. The maximum atomic E-state index is 5.73. The first-order valence-electron chi connectivity index (χ1n) is 7.35. The molecule has 3 heteroatoms. The lowest BCUT2D eigenvalue weighted by atomic mass is 9.94. The summed E-state index contributed by atoms with van der Waals surface area (Å²) in [6, 6.07) is 0.695. The zero-order valence-electron chi connectivity index (χ0n) is 11.5. The molecule has 0 bridgehead atoms. The summed E-state index contributed by atoms with van der Waals surface area (Å²) in [5, 5.41) is 3.66. The van der Waals surface area contributed by atoms with Crippen LogP contribution in [0.5, 0.6) is 0 Å². The molecule has 100 valence electrons. The van der Waals surface area contributed by atoms with E-state index in [4.69, 9.17) is 4.74 Å². The largest absolute Gasteiger partial charge is 0.377 e. The van der Waals surface area contributed by atoms with Gasteiger partial charge in [0, 0.05) is 25.7 Å². The second kappa shape index (κ2) is 6.72. The predicted octanol–water partition coefficient (Wildman–Crippen LogP) is 1.88. The number of piperidine rings is 1. The van der Waals surface area contributed by atoms with Gasteiger partial charge in [0.05, 0.1) is 6.10 Å². The Morgan fingerprint density at radius 1 is 1.29 bits per heavy atom. The Bertz CT molecular complexity index is 216. The van der Waals surface area contributed by atoms with Gasteiger partial charge in [-0.3, -0.25) is 4.90 Å². The Hall–Kier alpha value is -0.120. The van der Waals surface area contributed by atoms with E-state index >= 15 is 0 Å². The molecule has 2 aliphatic rings. The molecule has 17 heavy (non-hydrogen) atoms. The fourth-order valence-electron chi connectivity index (χ4n) is 3.08. The fraction of sp³-hybridized carbons (Fsp3) is 1.00. The van der Waals surface area contributed by atoms with Gasteiger partial charge >= 0.3 is 0 Å². The summed E-state index contributed by atoms with van der Waals surface area (Å²) >= 11 is 0.